The molecule has 1 saturated heterocycles. The average molecular weight is 416 g/mol. The molecular weight excluding hydrogens is 396 g/mol. The van der Waals surface area contributed by atoms with Gasteiger partial charge < -0.3 is 9.15 Å². The summed E-state index contributed by atoms with van der Waals surface area (Å²) >= 11 is 0. The van der Waals surface area contributed by atoms with Crippen LogP contribution in [0.15, 0.2) is 58.1 Å². The van der Waals surface area contributed by atoms with Gasteiger partial charge in [-0.2, -0.15) is 10.1 Å². The smallest absolute Gasteiger partial charge is 0.337 e. The number of amides is 2. The molecule has 2 saturated carbocycles. The first-order valence-corrected chi connectivity index (χ1v) is 10.5. The number of allylic oxidation sites excluding steroid dienone is 2. The van der Waals surface area contributed by atoms with Crippen molar-refractivity contribution >= 4 is 24.0 Å². The Kier molecular flexibility index (Phi) is 3.84. The summed E-state index contributed by atoms with van der Waals surface area (Å²) in [4.78, 5) is 37.7. The molecule has 2 amide bonds. The van der Waals surface area contributed by atoms with Crippen molar-refractivity contribution in [1.82, 2.24) is 5.01 Å². The summed E-state index contributed by atoms with van der Waals surface area (Å²) < 4.78 is 10.6. The van der Waals surface area contributed by atoms with E-state index in [2.05, 4.69) is 17.3 Å². The number of imide groups is 1. The highest BCUT2D eigenvalue weighted by atomic mass is 16.5. The topological polar surface area (TPSA) is 89.2 Å². The van der Waals surface area contributed by atoms with Crippen molar-refractivity contribution in [1.29, 1.82) is 0 Å². The number of carbonyl (C=O) groups excluding carboxylic acids is 3. The molecule has 7 nitrogen and oxygen atoms in total. The Bertz CT molecular complexity index is 1140. The number of ether oxygens (including phenoxy) is 1. The minimum Gasteiger partial charge on any atom is -0.465 e. The lowest BCUT2D eigenvalue weighted by atomic mass is 9.63. The summed E-state index contributed by atoms with van der Waals surface area (Å²) in [7, 11) is 1.33. The summed E-state index contributed by atoms with van der Waals surface area (Å²) in [5, 5.41) is 5.23. The second kappa shape index (κ2) is 6.51. The molecular formula is C24H20N2O5. The lowest BCUT2D eigenvalue weighted by Crippen LogP contribution is -2.40. The van der Waals surface area contributed by atoms with E-state index in [1.54, 1.807) is 30.3 Å². The molecule has 4 aliphatic carbocycles. The van der Waals surface area contributed by atoms with Crippen molar-refractivity contribution in [3.63, 3.8) is 0 Å². The first-order chi connectivity index (χ1) is 15.1. The number of hydrogen-bond donors (Lipinski definition) is 0. The first-order valence-electron chi connectivity index (χ1n) is 10.5. The number of carbonyl (C=O) groups is 3. The van der Waals surface area contributed by atoms with E-state index in [1.165, 1.54) is 13.3 Å². The van der Waals surface area contributed by atoms with Crippen LogP contribution in [-0.2, 0) is 14.3 Å². The molecule has 0 N–H and O–H groups in total. The molecule has 31 heavy (non-hydrogen) atoms. The van der Waals surface area contributed by atoms with Crippen LogP contribution in [0, 0.1) is 35.5 Å². The molecule has 2 aromatic rings. The largest absolute Gasteiger partial charge is 0.465 e. The van der Waals surface area contributed by atoms with E-state index in [4.69, 9.17) is 9.15 Å². The van der Waals surface area contributed by atoms with Gasteiger partial charge in [0, 0.05) is 5.56 Å². The third kappa shape index (κ3) is 2.65. The molecule has 5 aliphatic rings. The number of methoxy groups -OCH3 is 1. The lowest BCUT2D eigenvalue weighted by molar-refractivity contribution is -0.140. The standard InChI is InChI=1S/C24H20N2O5/c1-30-24(29)13-4-2-3-12(9-13)19-8-5-14(31-19)11-25-26-22(27)20-15-6-7-16(18-10-17(15)18)21(20)23(26)28/h2-9,11,15-18,20-21H,10H2,1H3/b25-11-/t15-,16-,17-,18+,20+,21+/m1/s1. The molecule has 7 rings (SSSR count). The van der Waals surface area contributed by atoms with E-state index < -0.39 is 5.97 Å². The molecule has 1 aromatic heterocycles. The van der Waals surface area contributed by atoms with Gasteiger partial charge in [-0.3, -0.25) is 9.59 Å². The fourth-order valence-corrected chi connectivity index (χ4v) is 5.66. The third-order valence-corrected chi connectivity index (χ3v) is 7.13. The summed E-state index contributed by atoms with van der Waals surface area (Å²) in [6.45, 7) is 0. The fraction of sp³-hybridized carbons (Fsp3) is 0.333. The molecule has 1 aromatic carbocycles. The van der Waals surface area contributed by atoms with Crippen LogP contribution in [0.4, 0.5) is 0 Å². The molecule has 2 bridgehead atoms. The number of benzene rings is 1. The summed E-state index contributed by atoms with van der Waals surface area (Å²) in [5.41, 5.74) is 1.13. The number of rotatable bonds is 4. The highest BCUT2D eigenvalue weighted by Crippen LogP contribution is 2.65. The molecule has 0 radical (unpaired) electrons. The zero-order valence-corrected chi connectivity index (χ0v) is 16.8. The van der Waals surface area contributed by atoms with Crippen LogP contribution in [0.2, 0.25) is 0 Å². The van der Waals surface area contributed by atoms with Crippen LogP contribution in [0.1, 0.15) is 22.5 Å². The highest BCUT2D eigenvalue weighted by molar-refractivity contribution is 6.06. The van der Waals surface area contributed by atoms with Gasteiger partial charge in [0.1, 0.15) is 11.5 Å². The molecule has 1 aliphatic heterocycles. The Morgan fingerprint density at radius 3 is 2.48 bits per heavy atom. The Hall–Kier alpha value is -3.48. The van der Waals surface area contributed by atoms with Crippen LogP contribution in [0.3, 0.4) is 0 Å². The van der Waals surface area contributed by atoms with Crippen molar-refractivity contribution in [3.8, 4) is 11.3 Å². The van der Waals surface area contributed by atoms with Crippen LogP contribution in [0.5, 0.6) is 0 Å². The zero-order valence-electron chi connectivity index (χ0n) is 16.8. The van der Waals surface area contributed by atoms with Gasteiger partial charge in [0.15, 0.2) is 0 Å². The number of nitrogens with zero attached hydrogens (tertiary/aromatic N) is 2. The minimum atomic E-state index is -0.427. The van der Waals surface area contributed by atoms with Crippen molar-refractivity contribution in [2.24, 2.45) is 40.6 Å². The van der Waals surface area contributed by atoms with E-state index >= 15 is 0 Å². The van der Waals surface area contributed by atoms with Crippen molar-refractivity contribution < 1.29 is 23.5 Å². The van der Waals surface area contributed by atoms with Gasteiger partial charge in [0.25, 0.3) is 11.8 Å². The Balaban J connectivity index is 1.22. The Morgan fingerprint density at radius 2 is 1.81 bits per heavy atom. The maximum atomic E-state index is 13.0. The van der Waals surface area contributed by atoms with Gasteiger partial charge in [0.2, 0.25) is 0 Å². The van der Waals surface area contributed by atoms with Gasteiger partial charge in [-0.15, -0.1) is 0 Å². The molecule has 0 unspecified atom stereocenters. The number of hydrazone groups is 1. The normalized spacial score (nSPS) is 32.5. The fourth-order valence-electron chi connectivity index (χ4n) is 5.66. The van der Waals surface area contributed by atoms with Crippen molar-refractivity contribution in [2.75, 3.05) is 7.11 Å². The van der Waals surface area contributed by atoms with Gasteiger partial charge >= 0.3 is 5.97 Å². The first kappa shape index (κ1) is 18.3. The monoisotopic (exact) mass is 416 g/mol. The Morgan fingerprint density at radius 1 is 1.10 bits per heavy atom. The van der Waals surface area contributed by atoms with E-state index in [9.17, 15) is 14.4 Å². The maximum absolute atomic E-state index is 13.0. The van der Waals surface area contributed by atoms with Crippen LogP contribution in [-0.4, -0.2) is 36.1 Å². The average Bonchev–Trinajstić information content (AvgIpc) is 3.44. The molecule has 6 atom stereocenters. The van der Waals surface area contributed by atoms with Gasteiger partial charge in [-0.1, -0.05) is 24.3 Å². The van der Waals surface area contributed by atoms with E-state index in [0.717, 1.165) is 11.4 Å². The van der Waals surface area contributed by atoms with Crippen LogP contribution >= 0.6 is 0 Å². The van der Waals surface area contributed by atoms with Crippen molar-refractivity contribution in [2.45, 2.75) is 6.42 Å². The predicted molar refractivity (Wildman–Crippen MR) is 110 cm³/mol. The molecule has 7 heteroatoms. The van der Waals surface area contributed by atoms with Crippen LogP contribution in [0.25, 0.3) is 11.3 Å². The molecule has 156 valence electrons. The van der Waals surface area contributed by atoms with Crippen LogP contribution < -0.4 is 0 Å². The highest BCUT2D eigenvalue weighted by Gasteiger charge is 2.67. The second-order valence-corrected chi connectivity index (χ2v) is 8.66. The van der Waals surface area contributed by atoms with Crippen molar-refractivity contribution in [3.05, 3.63) is 59.9 Å². The minimum absolute atomic E-state index is 0.175. The maximum Gasteiger partial charge on any atom is 0.337 e. The van der Waals surface area contributed by atoms with E-state index in [0.29, 0.717) is 34.5 Å². The summed E-state index contributed by atoms with van der Waals surface area (Å²) in [5.74, 6) is 1.07. The van der Waals surface area contributed by atoms with Gasteiger partial charge in [0.05, 0.1) is 30.7 Å². The molecule has 2 heterocycles. The zero-order chi connectivity index (χ0) is 21.3. The molecule has 3 fully saturated rings. The number of furan rings is 1. The van der Waals surface area contributed by atoms with Gasteiger partial charge in [-0.05, 0) is 54.4 Å². The SMILES string of the molecule is COC(=O)c1cccc(-c2ccc(/C=N\N3C(=O)[C@H]4[C@@H]5C=C[C@H]([C@@H]6C[C@H]56)[C@@H]4C3=O)o2)c1. The number of hydrogen-bond acceptors (Lipinski definition) is 6. The lowest BCUT2D eigenvalue weighted by Gasteiger charge is -2.37. The number of esters is 1. The summed E-state index contributed by atoms with van der Waals surface area (Å²) in [6, 6.07) is 10.4. The van der Waals surface area contributed by atoms with E-state index in [1.807, 2.05) is 6.07 Å². The Labute approximate surface area is 178 Å². The molecule has 0 spiro atoms. The predicted octanol–water partition coefficient (Wildman–Crippen LogP) is 3.12. The third-order valence-electron chi connectivity index (χ3n) is 7.13. The van der Waals surface area contributed by atoms with Gasteiger partial charge in [-0.25, -0.2) is 4.79 Å². The quantitative estimate of drug-likeness (QED) is 0.331. The summed E-state index contributed by atoms with van der Waals surface area (Å²) in [6.07, 6.45) is 6.81. The van der Waals surface area contributed by atoms with E-state index in [-0.39, 0.29) is 35.5 Å². The second-order valence-electron chi connectivity index (χ2n) is 8.66.